The number of rotatable bonds is 4. The fourth-order valence-electron chi connectivity index (χ4n) is 4.14. The van der Waals surface area contributed by atoms with E-state index in [-0.39, 0.29) is 17.1 Å². The lowest BCUT2D eigenvalue weighted by Gasteiger charge is -2.49. The Labute approximate surface area is 163 Å². The molecule has 5 nitrogen and oxygen atoms in total. The molecule has 0 amide bonds. The van der Waals surface area contributed by atoms with Crippen molar-refractivity contribution >= 4 is 11.5 Å². The molecule has 1 saturated heterocycles. The molecule has 1 fully saturated rings. The molecule has 2 rings (SSSR count). The first kappa shape index (κ1) is 20.9. The molecule has 0 radical (unpaired) electrons. The Morgan fingerprint density at radius 3 is 2.30 bits per heavy atom. The van der Waals surface area contributed by atoms with Gasteiger partial charge in [0, 0.05) is 29.7 Å². The molecule has 0 unspecified atom stereocenters. The summed E-state index contributed by atoms with van der Waals surface area (Å²) in [6, 6.07) is 7.70. The second kappa shape index (κ2) is 7.66. The fraction of sp³-hybridized carbons (Fsp3) is 0.500. The van der Waals surface area contributed by atoms with Crippen molar-refractivity contribution in [3.8, 4) is 6.07 Å². The van der Waals surface area contributed by atoms with Crippen LogP contribution < -0.4 is 5.32 Å². The normalized spacial score (nSPS) is 18.9. The van der Waals surface area contributed by atoms with Crippen LogP contribution in [0.2, 0.25) is 0 Å². The largest absolute Gasteiger partial charge is 0.357 e. The van der Waals surface area contributed by atoms with Gasteiger partial charge in [-0.15, -0.1) is 0 Å². The summed E-state index contributed by atoms with van der Waals surface area (Å²) < 4.78 is 0. The Morgan fingerprint density at radius 1 is 1.19 bits per heavy atom. The molecule has 0 aromatic heterocycles. The van der Waals surface area contributed by atoms with Crippen molar-refractivity contribution in [2.75, 3.05) is 7.05 Å². The van der Waals surface area contributed by atoms with Gasteiger partial charge in [-0.25, -0.2) is 0 Å². The number of hydrogen-bond acceptors (Lipinski definition) is 4. The smallest absolute Gasteiger partial charge is 0.120 e. The summed E-state index contributed by atoms with van der Waals surface area (Å²) in [6.45, 7) is 10.7. The van der Waals surface area contributed by atoms with Gasteiger partial charge in [-0.3, -0.25) is 5.41 Å². The molecule has 1 aliphatic rings. The molecular formula is C22H31N5. The lowest BCUT2D eigenvalue weighted by Crippen LogP contribution is -2.62. The highest BCUT2D eigenvalue weighted by molar-refractivity contribution is 6.10. The molecule has 27 heavy (non-hydrogen) atoms. The third-order valence-electron chi connectivity index (χ3n) is 5.15. The van der Waals surface area contributed by atoms with Crippen LogP contribution in [0, 0.1) is 29.1 Å². The molecule has 144 valence electrons. The van der Waals surface area contributed by atoms with Crippen LogP contribution in [0.15, 0.2) is 30.4 Å². The van der Waals surface area contributed by atoms with Gasteiger partial charge in [0.2, 0.25) is 0 Å². The predicted molar refractivity (Wildman–Crippen MR) is 112 cm³/mol. The van der Waals surface area contributed by atoms with Gasteiger partial charge >= 0.3 is 0 Å². The lowest BCUT2D eigenvalue weighted by molar-refractivity contribution is 0.114. The van der Waals surface area contributed by atoms with Gasteiger partial charge in [0.1, 0.15) is 5.84 Å². The Balaban J connectivity index is 2.09. The third kappa shape index (κ3) is 5.27. The second-order valence-electron chi connectivity index (χ2n) is 8.84. The van der Waals surface area contributed by atoms with E-state index in [1.807, 2.05) is 18.9 Å². The molecule has 1 aromatic carbocycles. The Morgan fingerprint density at radius 2 is 1.78 bits per heavy atom. The molecular weight excluding hydrogens is 334 g/mol. The van der Waals surface area contributed by atoms with E-state index in [2.05, 4.69) is 39.1 Å². The fourth-order valence-corrected chi connectivity index (χ4v) is 4.14. The van der Waals surface area contributed by atoms with Gasteiger partial charge in [0.05, 0.1) is 17.3 Å². The summed E-state index contributed by atoms with van der Waals surface area (Å²) in [5, 5.41) is 29.4. The number of nitriles is 1. The number of aryl methyl sites for hydroxylation is 1. The van der Waals surface area contributed by atoms with Crippen LogP contribution in [0.3, 0.4) is 0 Å². The molecule has 5 heteroatoms. The summed E-state index contributed by atoms with van der Waals surface area (Å²) in [4.78, 5) is 2.01. The van der Waals surface area contributed by atoms with Crippen LogP contribution in [-0.2, 0) is 0 Å². The van der Waals surface area contributed by atoms with E-state index < -0.39 is 0 Å². The van der Waals surface area contributed by atoms with Gasteiger partial charge in [-0.05, 0) is 77.3 Å². The highest BCUT2D eigenvalue weighted by Crippen LogP contribution is 2.31. The maximum atomic E-state index is 8.97. The monoisotopic (exact) mass is 365 g/mol. The Hall–Kier alpha value is -2.45. The number of piperidine rings is 1. The first-order valence-corrected chi connectivity index (χ1v) is 9.32. The Bertz CT molecular complexity index is 794. The van der Waals surface area contributed by atoms with Crippen molar-refractivity contribution in [3.63, 3.8) is 0 Å². The van der Waals surface area contributed by atoms with Gasteiger partial charge in [-0.1, -0.05) is 6.07 Å². The predicted octanol–water partition coefficient (Wildman–Crippen LogP) is 4.01. The summed E-state index contributed by atoms with van der Waals surface area (Å²) in [5.74, 6) is 0.407. The topological polar surface area (TPSA) is 86.8 Å². The van der Waals surface area contributed by atoms with E-state index in [0.29, 0.717) is 17.1 Å². The zero-order valence-electron chi connectivity index (χ0n) is 17.3. The van der Waals surface area contributed by atoms with Crippen LogP contribution in [0.4, 0.5) is 0 Å². The molecule has 1 heterocycles. The molecule has 1 aromatic rings. The van der Waals surface area contributed by atoms with Crippen molar-refractivity contribution in [1.29, 1.82) is 16.1 Å². The molecule has 0 bridgehead atoms. The zero-order chi connectivity index (χ0) is 20.4. The van der Waals surface area contributed by atoms with Gasteiger partial charge in [0.15, 0.2) is 0 Å². The number of nitrogens with one attached hydrogen (secondary N) is 3. The van der Waals surface area contributed by atoms with Gasteiger partial charge < -0.3 is 15.6 Å². The SMILES string of the molecule is Cc1cc(C#N)ccc1C(=N)/C=C\C(=N)N(C)C1CC(C)(C)NC(C)(C)C1. The maximum Gasteiger partial charge on any atom is 0.120 e. The minimum atomic E-state index is 0.0248. The van der Waals surface area contributed by atoms with Crippen LogP contribution in [-0.4, -0.2) is 40.6 Å². The van der Waals surface area contributed by atoms with E-state index in [0.717, 1.165) is 24.0 Å². The maximum absolute atomic E-state index is 8.97. The molecule has 0 atom stereocenters. The van der Waals surface area contributed by atoms with Crippen LogP contribution in [0.5, 0.6) is 0 Å². The van der Waals surface area contributed by atoms with Crippen LogP contribution in [0.1, 0.15) is 57.2 Å². The van der Waals surface area contributed by atoms with E-state index in [9.17, 15) is 0 Å². The number of benzene rings is 1. The summed E-state index contributed by atoms with van der Waals surface area (Å²) >= 11 is 0. The van der Waals surface area contributed by atoms with Crippen molar-refractivity contribution in [2.24, 2.45) is 0 Å². The van der Waals surface area contributed by atoms with Crippen LogP contribution in [0.25, 0.3) is 0 Å². The summed E-state index contributed by atoms with van der Waals surface area (Å²) in [7, 11) is 1.96. The number of allylic oxidation sites excluding steroid dienone is 1. The average Bonchev–Trinajstić information content (AvgIpc) is 2.55. The van der Waals surface area contributed by atoms with Gasteiger partial charge in [0.25, 0.3) is 0 Å². The molecule has 3 N–H and O–H groups in total. The minimum Gasteiger partial charge on any atom is -0.357 e. The van der Waals surface area contributed by atoms with E-state index in [1.54, 1.807) is 30.4 Å². The number of nitrogens with zero attached hydrogens (tertiary/aromatic N) is 2. The molecule has 0 spiro atoms. The minimum absolute atomic E-state index is 0.0248. The summed E-state index contributed by atoms with van der Waals surface area (Å²) in [6.07, 6.45) is 5.30. The molecule has 1 aliphatic heterocycles. The molecule has 0 saturated carbocycles. The van der Waals surface area contributed by atoms with E-state index in [4.69, 9.17) is 16.1 Å². The third-order valence-corrected chi connectivity index (χ3v) is 5.15. The highest BCUT2D eigenvalue weighted by Gasteiger charge is 2.39. The summed E-state index contributed by atoms with van der Waals surface area (Å²) in [5.41, 5.74) is 2.67. The van der Waals surface area contributed by atoms with Crippen molar-refractivity contribution in [1.82, 2.24) is 10.2 Å². The van der Waals surface area contributed by atoms with Crippen molar-refractivity contribution < 1.29 is 0 Å². The van der Waals surface area contributed by atoms with Crippen molar-refractivity contribution in [3.05, 3.63) is 47.0 Å². The van der Waals surface area contributed by atoms with E-state index >= 15 is 0 Å². The zero-order valence-corrected chi connectivity index (χ0v) is 17.3. The number of hydrogen-bond donors (Lipinski definition) is 3. The quantitative estimate of drug-likeness (QED) is 0.556. The Kier molecular flexibility index (Phi) is 5.91. The first-order chi connectivity index (χ1) is 12.4. The number of amidine groups is 1. The average molecular weight is 366 g/mol. The highest BCUT2D eigenvalue weighted by atomic mass is 15.2. The van der Waals surface area contributed by atoms with E-state index in [1.165, 1.54) is 0 Å². The standard InChI is InChI=1S/C22H31N5/c1-15-11-16(14-23)7-8-18(15)19(24)9-10-20(25)27(6)17-12-21(2,3)26-22(4,5)13-17/h7-11,17,24-26H,12-13H2,1-6H3/b10-9-,24-19?,25-20?. The first-order valence-electron chi connectivity index (χ1n) is 9.32. The van der Waals surface area contributed by atoms with Crippen LogP contribution >= 0.6 is 0 Å². The van der Waals surface area contributed by atoms with Crippen molar-refractivity contribution in [2.45, 2.75) is 64.6 Å². The van der Waals surface area contributed by atoms with Gasteiger partial charge in [-0.2, -0.15) is 5.26 Å². The molecule has 0 aliphatic carbocycles. The second-order valence-corrected chi connectivity index (χ2v) is 8.84. The lowest BCUT2D eigenvalue weighted by atomic mass is 9.79. The number of likely N-dealkylation sites (N-methyl/N-ethyl adjacent to an activating group) is 1.